The first kappa shape index (κ1) is 22.0. The van der Waals surface area contributed by atoms with Crippen LogP contribution in [0.5, 0.6) is 0 Å². The van der Waals surface area contributed by atoms with Crippen LogP contribution in [0.3, 0.4) is 0 Å². The Hall–Kier alpha value is -0.0300. The second kappa shape index (κ2) is 10.2. The van der Waals surface area contributed by atoms with Crippen LogP contribution in [-0.4, -0.2) is 60.0 Å². The molecule has 3 atom stereocenters. The van der Waals surface area contributed by atoms with Crippen molar-refractivity contribution in [3.05, 3.63) is 0 Å². The monoisotopic (exact) mass is 379 g/mol. The van der Waals surface area contributed by atoms with E-state index >= 15 is 0 Å². The summed E-state index contributed by atoms with van der Waals surface area (Å²) in [4.78, 5) is 17.9. The summed E-state index contributed by atoms with van der Waals surface area (Å²) in [5, 5.41) is 3.45. The largest absolute Gasteiger partial charge is 0.337 e. The Morgan fingerprint density at radius 3 is 2.17 bits per heavy atom. The summed E-state index contributed by atoms with van der Waals surface area (Å²) in [5.74, 6) is 0.685. The van der Waals surface area contributed by atoms with Gasteiger partial charge in [-0.1, -0.05) is 0 Å². The minimum Gasteiger partial charge on any atom is -0.337 e. The molecule has 0 radical (unpaired) electrons. The van der Waals surface area contributed by atoms with E-state index in [1.165, 1.54) is 45.1 Å². The van der Waals surface area contributed by atoms with Crippen molar-refractivity contribution in [2.75, 3.05) is 26.2 Å². The maximum atomic E-state index is 13.1. The van der Waals surface area contributed by atoms with Gasteiger partial charge in [0.25, 0.3) is 0 Å². The number of rotatable bonds is 2. The predicted molar refractivity (Wildman–Crippen MR) is 104 cm³/mol. The van der Waals surface area contributed by atoms with Crippen LogP contribution in [0.2, 0.25) is 0 Å². The van der Waals surface area contributed by atoms with Gasteiger partial charge in [-0.3, -0.25) is 9.69 Å². The zero-order valence-corrected chi connectivity index (χ0v) is 16.8. The third kappa shape index (κ3) is 5.00. The average molecular weight is 380 g/mol. The van der Waals surface area contributed by atoms with Crippen LogP contribution in [-0.2, 0) is 4.79 Å². The Bertz CT molecular complexity index is 380. The quantitative estimate of drug-likeness (QED) is 0.800. The second-order valence-electron chi connectivity index (χ2n) is 7.69. The molecule has 1 amide bonds. The number of carbonyl (C=O) groups is 1. The number of piperidine rings is 3. The van der Waals surface area contributed by atoms with Gasteiger partial charge in [0.1, 0.15) is 0 Å². The highest BCUT2D eigenvalue weighted by atomic mass is 35.5. The molecule has 0 aliphatic carbocycles. The molecule has 4 nitrogen and oxygen atoms in total. The second-order valence-corrected chi connectivity index (χ2v) is 7.69. The van der Waals surface area contributed by atoms with Gasteiger partial charge in [-0.25, -0.2) is 0 Å². The van der Waals surface area contributed by atoms with E-state index < -0.39 is 0 Å². The average Bonchev–Trinajstić information content (AvgIpc) is 2.55. The fourth-order valence-corrected chi connectivity index (χ4v) is 4.78. The highest BCUT2D eigenvalue weighted by Gasteiger charge is 2.36. The van der Waals surface area contributed by atoms with E-state index in [4.69, 9.17) is 0 Å². The van der Waals surface area contributed by atoms with Crippen LogP contribution in [0.15, 0.2) is 0 Å². The standard InChI is InChI=1S/C18H33N3O.2ClH/c1-14-5-3-6-15(2)21(14)18(22)16-7-4-12-20(13-16)17-8-10-19-11-9-17;;/h14-17,19H,3-13H2,1-2H3;2*1H/t14-,15+,16?;;. The lowest BCUT2D eigenvalue weighted by molar-refractivity contribution is -0.144. The number of amides is 1. The van der Waals surface area contributed by atoms with Gasteiger partial charge in [-0.05, 0) is 78.4 Å². The van der Waals surface area contributed by atoms with Gasteiger partial charge in [-0.15, -0.1) is 24.8 Å². The molecule has 142 valence electrons. The zero-order valence-electron chi connectivity index (χ0n) is 15.2. The molecular weight excluding hydrogens is 345 g/mol. The van der Waals surface area contributed by atoms with E-state index in [1.54, 1.807) is 0 Å². The molecule has 3 fully saturated rings. The van der Waals surface area contributed by atoms with Crippen LogP contribution in [0, 0.1) is 5.92 Å². The minimum atomic E-state index is 0. The van der Waals surface area contributed by atoms with Gasteiger partial charge < -0.3 is 10.2 Å². The number of hydrogen-bond acceptors (Lipinski definition) is 3. The molecule has 1 N–H and O–H groups in total. The van der Waals surface area contributed by atoms with Crippen molar-refractivity contribution in [2.45, 2.75) is 76.9 Å². The summed E-state index contributed by atoms with van der Waals surface area (Å²) < 4.78 is 0. The molecular formula is C18H35Cl2N3O. The number of nitrogens with zero attached hydrogens (tertiary/aromatic N) is 2. The summed E-state index contributed by atoms with van der Waals surface area (Å²) >= 11 is 0. The molecule has 3 aliphatic heterocycles. The van der Waals surface area contributed by atoms with Crippen molar-refractivity contribution in [1.29, 1.82) is 0 Å². The fraction of sp³-hybridized carbons (Fsp3) is 0.944. The Morgan fingerprint density at radius 1 is 0.917 bits per heavy atom. The Kier molecular flexibility index (Phi) is 9.35. The van der Waals surface area contributed by atoms with Crippen molar-refractivity contribution in [3.8, 4) is 0 Å². The molecule has 3 heterocycles. The van der Waals surface area contributed by atoms with Crippen molar-refractivity contribution < 1.29 is 4.79 Å². The van der Waals surface area contributed by atoms with E-state index in [9.17, 15) is 4.79 Å². The molecule has 0 saturated carbocycles. The molecule has 0 bridgehead atoms. The number of carbonyl (C=O) groups excluding carboxylic acids is 1. The summed E-state index contributed by atoms with van der Waals surface area (Å²) in [7, 11) is 0. The molecule has 6 heteroatoms. The SMILES string of the molecule is C[C@@H]1CCC[C@H](C)N1C(=O)C1CCCN(C2CCNCC2)C1.Cl.Cl. The van der Waals surface area contributed by atoms with E-state index in [0.717, 1.165) is 26.1 Å². The summed E-state index contributed by atoms with van der Waals surface area (Å²) in [5.41, 5.74) is 0. The first-order chi connectivity index (χ1) is 10.7. The normalized spacial score (nSPS) is 32.6. The fourth-order valence-electron chi connectivity index (χ4n) is 4.78. The molecule has 3 rings (SSSR count). The lowest BCUT2D eigenvalue weighted by Gasteiger charge is -2.44. The van der Waals surface area contributed by atoms with E-state index in [2.05, 4.69) is 29.0 Å². The zero-order chi connectivity index (χ0) is 15.5. The molecule has 0 aromatic heterocycles. The lowest BCUT2D eigenvalue weighted by Crippen LogP contribution is -2.54. The van der Waals surface area contributed by atoms with Gasteiger partial charge >= 0.3 is 0 Å². The topological polar surface area (TPSA) is 35.6 Å². The third-order valence-corrected chi connectivity index (χ3v) is 6.08. The number of likely N-dealkylation sites (tertiary alicyclic amines) is 2. The maximum absolute atomic E-state index is 13.1. The van der Waals surface area contributed by atoms with E-state index in [-0.39, 0.29) is 30.7 Å². The van der Waals surface area contributed by atoms with Gasteiger partial charge in [0.2, 0.25) is 5.91 Å². The molecule has 3 saturated heterocycles. The van der Waals surface area contributed by atoms with Crippen molar-refractivity contribution in [1.82, 2.24) is 15.1 Å². The van der Waals surface area contributed by atoms with Crippen LogP contribution in [0.1, 0.15) is 58.8 Å². The molecule has 1 unspecified atom stereocenters. The van der Waals surface area contributed by atoms with Gasteiger partial charge in [-0.2, -0.15) is 0 Å². The molecule has 0 aromatic rings. The summed E-state index contributed by atoms with van der Waals surface area (Å²) in [6, 6.07) is 1.57. The van der Waals surface area contributed by atoms with Gasteiger partial charge in [0.15, 0.2) is 0 Å². The summed E-state index contributed by atoms with van der Waals surface area (Å²) in [6.45, 7) is 8.95. The van der Waals surface area contributed by atoms with E-state index in [1.807, 2.05) is 0 Å². The maximum Gasteiger partial charge on any atom is 0.227 e. The number of nitrogens with one attached hydrogen (secondary N) is 1. The first-order valence-corrected chi connectivity index (χ1v) is 9.43. The summed E-state index contributed by atoms with van der Waals surface area (Å²) in [6.07, 6.45) is 8.42. The van der Waals surface area contributed by atoms with Crippen molar-refractivity contribution in [2.24, 2.45) is 5.92 Å². The van der Waals surface area contributed by atoms with Crippen LogP contribution in [0.25, 0.3) is 0 Å². The molecule has 24 heavy (non-hydrogen) atoms. The molecule has 0 aromatic carbocycles. The Balaban J connectivity index is 0.00000144. The van der Waals surface area contributed by atoms with Crippen LogP contribution >= 0.6 is 24.8 Å². The van der Waals surface area contributed by atoms with Gasteiger partial charge in [0, 0.05) is 24.7 Å². The Labute approximate surface area is 159 Å². The smallest absolute Gasteiger partial charge is 0.227 e. The van der Waals surface area contributed by atoms with E-state index in [0.29, 0.717) is 24.0 Å². The number of hydrogen-bond donors (Lipinski definition) is 1. The molecule has 3 aliphatic rings. The minimum absolute atomic E-state index is 0. The highest BCUT2D eigenvalue weighted by Crippen LogP contribution is 2.29. The predicted octanol–water partition coefficient (Wildman–Crippen LogP) is 3.08. The van der Waals surface area contributed by atoms with Crippen LogP contribution < -0.4 is 5.32 Å². The number of halogens is 2. The Morgan fingerprint density at radius 2 is 1.54 bits per heavy atom. The third-order valence-electron chi connectivity index (χ3n) is 6.08. The van der Waals surface area contributed by atoms with Gasteiger partial charge in [0.05, 0.1) is 5.92 Å². The first-order valence-electron chi connectivity index (χ1n) is 9.43. The molecule has 0 spiro atoms. The van der Waals surface area contributed by atoms with Crippen molar-refractivity contribution >= 4 is 30.7 Å². The highest BCUT2D eigenvalue weighted by molar-refractivity contribution is 5.85. The lowest BCUT2D eigenvalue weighted by atomic mass is 9.90. The van der Waals surface area contributed by atoms with Crippen LogP contribution in [0.4, 0.5) is 0 Å². The van der Waals surface area contributed by atoms with Crippen molar-refractivity contribution in [3.63, 3.8) is 0 Å².